The summed E-state index contributed by atoms with van der Waals surface area (Å²) in [6, 6.07) is 16.7. The molecule has 29 heavy (non-hydrogen) atoms. The molecule has 5 rings (SSSR count). The van der Waals surface area contributed by atoms with Crippen molar-refractivity contribution >= 4 is 11.0 Å². The van der Waals surface area contributed by atoms with Crippen LogP contribution in [-0.4, -0.2) is 24.7 Å². The van der Waals surface area contributed by atoms with Gasteiger partial charge in [0.1, 0.15) is 17.1 Å². The van der Waals surface area contributed by atoms with E-state index in [1.165, 1.54) is 6.07 Å². The van der Waals surface area contributed by atoms with Crippen molar-refractivity contribution in [2.24, 2.45) is 7.05 Å². The molecule has 0 aliphatic carbocycles. The number of pyridine rings is 1. The van der Waals surface area contributed by atoms with Crippen molar-refractivity contribution in [1.82, 2.24) is 24.7 Å². The van der Waals surface area contributed by atoms with Gasteiger partial charge in [0, 0.05) is 36.6 Å². The molecule has 0 radical (unpaired) electrons. The second kappa shape index (κ2) is 6.79. The summed E-state index contributed by atoms with van der Waals surface area (Å²) in [5.74, 6) is 2.04. The Bertz CT molecular complexity index is 1340. The van der Waals surface area contributed by atoms with E-state index in [4.69, 9.17) is 9.72 Å². The van der Waals surface area contributed by atoms with Crippen LogP contribution in [0.2, 0.25) is 0 Å². The third-order valence-electron chi connectivity index (χ3n) is 4.64. The van der Waals surface area contributed by atoms with Gasteiger partial charge in [0.2, 0.25) is 5.56 Å². The van der Waals surface area contributed by atoms with Crippen molar-refractivity contribution in [3.63, 3.8) is 0 Å². The van der Waals surface area contributed by atoms with E-state index < -0.39 is 0 Å². The Labute approximate surface area is 165 Å². The van der Waals surface area contributed by atoms with Crippen molar-refractivity contribution in [3.05, 3.63) is 83.5 Å². The van der Waals surface area contributed by atoms with Gasteiger partial charge in [-0.15, -0.1) is 0 Å². The Hall–Kier alpha value is -4.13. The molecule has 2 N–H and O–H groups in total. The molecule has 7 nitrogen and oxygen atoms in total. The number of hydrogen-bond donors (Lipinski definition) is 2. The number of nitrogens with one attached hydrogen (secondary N) is 2. The van der Waals surface area contributed by atoms with E-state index in [0.717, 1.165) is 22.2 Å². The molecule has 0 saturated heterocycles. The normalized spacial score (nSPS) is 11.1. The molecule has 5 aromatic rings. The predicted octanol–water partition coefficient (Wildman–Crippen LogP) is 4.11. The largest absolute Gasteiger partial charge is 0.454 e. The number of aromatic amines is 2. The quantitative estimate of drug-likeness (QED) is 0.489. The van der Waals surface area contributed by atoms with Gasteiger partial charge in [0.05, 0.1) is 17.3 Å². The van der Waals surface area contributed by atoms with Gasteiger partial charge in [-0.3, -0.25) is 9.48 Å². The number of aryl methyl sites for hydroxylation is 1. The monoisotopic (exact) mass is 383 g/mol. The molecule has 0 unspecified atom stereocenters. The standard InChI is InChI=1S/C22H17N5O2/c1-27-13-15(12-24-27)22-25-18-9-8-17(14-7-10-19(28)23-11-14)21(20(18)26-22)29-16-5-3-2-4-6-16/h2-13H,1H3,(H,23,28)(H,25,26). The number of H-pyrrole nitrogens is 2. The molecular formula is C22H17N5O2. The molecule has 0 fully saturated rings. The van der Waals surface area contributed by atoms with E-state index in [-0.39, 0.29) is 5.56 Å². The van der Waals surface area contributed by atoms with Gasteiger partial charge in [-0.05, 0) is 30.3 Å². The van der Waals surface area contributed by atoms with Gasteiger partial charge in [-0.1, -0.05) is 18.2 Å². The molecule has 0 atom stereocenters. The summed E-state index contributed by atoms with van der Waals surface area (Å²) < 4.78 is 8.00. The Balaban J connectivity index is 1.72. The van der Waals surface area contributed by atoms with Gasteiger partial charge in [0.15, 0.2) is 5.75 Å². The van der Waals surface area contributed by atoms with Crippen molar-refractivity contribution in [2.75, 3.05) is 0 Å². The van der Waals surface area contributed by atoms with Crippen LogP contribution in [0.1, 0.15) is 0 Å². The lowest BCUT2D eigenvalue weighted by Crippen LogP contribution is -2.01. The molecule has 0 saturated carbocycles. The van der Waals surface area contributed by atoms with Gasteiger partial charge in [-0.2, -0.15) is 5.10 Å². The summed E-state index contributed by atoms with van der Waals surface area (Å²) in [4.78, 5) is 22.3. The van der Waals surface area contributed by atoms with E-state index in [1.807, 2.05) is 55.7 Å². The van der Waals surface area contributed by atoms with E-state index in [2.05, 4.69) is 15.1 Å². The first kappa shape index (κ1) is 17.0. The van der Waals surface area contributed by atoms with Crippen LogP contribution in [-0.2, 0) is 7.05 Å². The number of fused-ring (bicyclic) bond motifs is 1. The van der Waals surface area contributed by atoms with Crippen LogP contribution < -0.4 is 10.3 Å². The molecule has 142 valence electrons. The summed E-state index contributed by atoms with van der Waals surface area (Å²) in [6.07, 6.45) is 5.34. The molecule has 0 amide bonds. The topological polar surface area (TPSA) is 88.6 Å². The van der Waals surface area contributed by atoms with Crippen LogP contribution in [0.5, 0.6) is 11.5 Å². The maximum Gasteiger partial charge on any atom is 0.247 e. The minimum Gasteiger partial charge on any atom is -0.454 e. The van der Waals surface area contributed by atoms with Crippen LogP contribution >= 0.6 is 0 Å². The van der Waals surface area contributed by atoms with Crippen LogP contribution in [0.3, 0.4) is 0 Å². The highest BCUT2D eigenvalue weighted by atomic mass is 16.5. The highest BCUT2D eigenvalue weighted by molar-refractivity contribution is 5.92. The first-order chi connectivity index (χ1) is 14.2. The minimum atomic E-state index is -0.154. The SMILES string of the molecule is Cn1cc(-c2nc3c(Oc4ccccc4)c(-c4ccc(=O)[nH]c4)ccc3[nH]2)cn1. The molecule has 2 aromatic carbocycles. The summed E-state index contributed by atoms with van der Waals surface area (Å²) in [6.45, 7) is 0. The molecule has 0 bridgehead atoms. The van der Waals surface area contributed by atoms with E-state index in [1.54, 1.807) is 23.1 Å². The molecule has 3 aromatic heterocycles. The maximum absolute atomic E-state index is 11.5. The number of benzene rings is 2. The van der Waals surface area contributed by atoms with Crippen molar-refractivity contribution < 1.29 is 4.74 Å². The van der Waals surface area contributed by atoms with Crippen molar-refractivity contribution in [3.8, 4) is 34.0 Å². The first-order valence-corrected chi connectivity index (χ1v) is 9.11. The highest BCUT2D eigenvalue weighted by Crippen LogP contribution is 2.39. The second-order valence-corrected chi connectivity index (χ2v) is 6.68. The second-order valence-electron chi connectivity index (χ2n) is 6.68. The molecule has 0 aliphatic heterocycles. The fraction of sp³-hybridized carbons (Fsp3) is 0.0455. The van der Waals surface area contributed by atoms with Crippen LogP contribution in [0.4, 0.5) is 0 Å². The fourth-order valence-corrected chi connectivity index (χ4v) is 3.25. The molecule has 3 heterocycles. The molecule has 7 heteroatoms. The van der Waals surface area contributed by atoms with Crippen LogP contribution in [0.25, 0.3) is 33.5 Å². The Morgan fingerprint density at radius 1 is 1.00 bits per heavy atom. The maximum atomic E-state index is 11.5. The molecule has 0 aliphatic rings. The zero-order valence-corrected chi connectivity index (χ0v) is 15.6. The number of aromatic nitrogens is 5. The predicted molar refractivity (Wildman–Crippen MR) is 111 cm³/mol. The van der Waals surface area contributed by atoms with Gasteiger partial charge in [0.25, 0.3) is 0 Å². The highest BCUT2D eigenvalue weighted by Gasteiger charge is 2.17. The lowest BCUT2D eigenvalue weighted by atomic mass is 10.1. The van der Waals surface area contributed by atoms with Crippen molar-refractivity contribution in [2.45, 2.75) is 0 Å². The van der Waals surface area contributed by atoms with Gasteiger partial charge < -0.3 is 14.7 Å². The average molecular weight is 383 g/mol. The van der Waals surface area contributed by atoms with Crippen molar-refractivity contribution in [1.29, 1.82) is 0 Å². The Morgan fingerprint density at radius 2 is 1.86 bits per heavy atom. The number of ether oxygens (including phenoxy) is 1. The summed E-state index contributed by atoms with van der Waals surface area (Å²) >= 11 is 0. The Kier molecular flexibility index (Phi) is 3.98. The summed E-state index contributed by atoms with van der Waals surface area (Å²) in [7, 11) is 1.87. The third kappa shape index (κ3) is 3.19. The number of para-hydroxylation sites is 1. The van der Waals surface area contributed by atoms with Crippen LogP contribution in [0, 0.1) is 0 Å². The zero-order valence-electron chi connectivity index (χ0n) is 15.6. The lowest BCUT2D eigenvalue weighted by Gasteiger charge is -2.12. The van der Waals surface area contributed by atoms with E-state index in [0.29, 0.717) is 22.8 Å². The number of nitrogens with zero attached hydrogens (tertiary/aromatic N) is 3. The summed E-state index contributed by atoms with van der Waals surface area (Å²) in [5, 5.41) is 4.22. The van der Waals surface area contributed by atoms with E-state index >= 15 is 0 Å². The minimum absolute atomic E-state index is 0.154. The molecular weight excluding hydrogens is 366 g/mol. The zero-order chi connectivity index (χ0) is 19.8. The van der Waals surface area contributed by atoms with Gasteiger partial charge >= 0.3 is 0 Å². The smallest absolute Gasteiger partial charge is 0.247 e. The molecule has 0 spiro atoms. The first-order valence-electron chi connectivity index (χ1n) is 9.11. The summed E-state index contributed by atoms with van der Waals surface area (Å²) in [5.41, 5.74) is 3.96. The number of rotatable bonds is 4. The van der Waals surface area contributed by atoms with Crippen LogP contribution in [0.15, 0.2) is 78.0 Å². The van der Waals surface area contributed by atoms with E-state index in [9.17, 15) is 4.79 Å². The fourth-order valence-electron chi connectivity index (χ4n) is 3.25. The van der Waals surface area contributed by atoms with Gasteiger partial charge in [-0.25, -0.2) is 4.98 Å². The lowest BCUT2D eigenvalue weighted by molar-refractivity contribution is 0.489. The third-order valence-corrected chi connectivity index (χ3v) is 4.64. The number of hydrogen-bond acceptors (Lipinski definition) is 4. The average Bonchev–Trinajstić information content (AvgIpc) is 3.36. The number of imidazole rings is 1. The Morgan fingerprint density at radius 3 is 2.59 bits per heavy atom.